The van der Waals surface area contributed by atoms with E-state index in [2.05, 4.69) is 62.4 Å². The zero-order valence-corrected chi connectivity index (χ0v) is 21.1. The normalized spacial score (nSPS) is 10.9. The van der Waals surface area contributed by atoms with Crippen molar-refractivity contribution in [2.45, 2.75) is 20.5 Å². The van der Waals surface area contributed by atoms with Crippen molar-refractivity contribution < 1.29 is 9.47 Å². The van der Waals surface area contributed by atoms with Crippen LogP contribution < -0.4 is 9.47 Å². The van der Waals surface area contributed by atoms with Crippen molar-refractivity contribution in [3.63, 3.8) is 0 Å². The number of rotatable bonds is 8. The molecule has 4 aromatic carbocycles. The molecule has 0 atom stereocenters. The van der Waals surface area contributed by atoms with E-state index in [-0.39, 0.29) is 0 Å². The predicted molar refractivity (Wildman–Crippen MR) is 147 cm³/mol. The fourth-order valence-corrected chi connectivity index (χ4v) is 3.94. The molecular weight excluding hydrogens is 458 g/mol. The lowest BCUT2D eigenvalue weighted by Gasteiger charge is -2.09. The molecule has 5 nitrogen and oxygen atoms in total. The largest absolute Gasteiger partial charge is 0.492 e. The Morgan fingerprint density at radius 3 is 2.43 bits per heavy atom. The molecule has 0 N–H and O–H groups in total. The molecule has 5 heteroatoms. The van der Waals surface area contributed by atoms with Crippen LogP contribution in [-0.4, -0.2) is 23.1 Å². The van der Waals surface area contributed by atoms with Crippen LogP contribution in [0.2, 0.25) is 0 Å². The summed E-state index contributed by atoms with van der Waals surface area (Å²) in [6.07, 6.45) is 1.73. The molecule has 0 amide bonds. The lowest BCUT2D eigenvalue weighted by molar-refractivity contribution is 0.284. The van der Waals surface area contributed by atoms with Crippen LogP contribution in [0.5, 0.6) is 11.5 Å². The highest BCUT2D eigenvalue weighted by molar-refractivity contribution is 5.82. The van der Waals surface area contributed by atoms with Crippen LogP contribution in [0.25, 0.3) is 16.9 Å². The Kier molecular flexibility index (Phi) is 7.00. The number of hydrogen-bond donors (Lipinski definition) is 0. The van der Waals surface area contributed by atoms with Crippen LogP contribution in [-0.2, 0) is 6.61 Å². The van der Waals surface area contributed by atoms with Gasteiger partial charge in [-0.1, -0.05) is 83.9 Å². The third kappa shape index (κ3) is 5.71. The molecule has 182 valence electrons. The molecule has 0 unspecified atom stereocenters. The van der Waals surface area contributed by atoms with E-state index in [1.165, 1.54) is 11.1 Å². The molecule has 1 heterocycles. The summed E-state index contributed by atoms with van der Waals surface area (Å²) in [4.78, 5) is 4.75. The molecule has 1 aromatic heterocycles. The van der Waals surface area contributed by atoms with Gasteiger partial charge in [-0.25, -0.2) is 9.67 Å². The highest BCUT2D eigenvalue weighted by Crippen LogP contribution is 2.28. The van der Waals surface area contributed by atoms with Crippen molar-refractivity contribution in [3.8, 4) is 28.4 Å². The molecule has 0 radical (unpaired) electrons. The number of aryl methyl sites for hydroxylation is 2. The maximum Gasteiger partial charge on any atom is 0.213 e. The summed E-state index contributed by atoms with van der Waals surface area (Å²) in [6.45, 7) is 4.56. The second-order valence-electron chi connectivity index (χ2n) is 8.78. The Bertz CT molecular complexity index is 1520. The molecule has 0 spiro atoms. The number of aromatic nitrogens is 2. The number of benzene rings is 3. The molecule has 5 rings (SSSR count). The van der Waals surface area contributed by atoms with Gasteiger partial charge < -0.3 is 9.47 Å². The quantitative estimate of drug-likeness (QED) is 0.220. The first-order valence-electron chi connectivity index (χ1n) is 12.1. The van der Waals surface area contributed by atoms with Crippen LogP contribution >= 0.6 is 0 Å². The van der Waals surface area contributed by atoms with E-state index in [0.717, 1.165) is 28.1 Å². The fourth-order valence-electron chi connectivity index (χ4n) is 3.94. The minimum Gasteiger partial charge on any atom is -0.492 e. The van der Waals surface area contributed by atoms with Crippen LogP contribution in [0.4, 0.5) is 5.82 Å². The summed E-state index contributed by atoms with van der Waals surface area (Å²) in [5.41, 5.74) is 7.02. The first kappa shape index (κ1) is 23.9. The molecule has 37 heavy (non-hydrogen) atoms. The second kappa shape index (κ2) is 10.8. The van der Waals surface area contributed by atoms with Gasteiger partial charge >= 0.3 is 0 Å². The Labute approximate surface area is 217 Å². The summed E-state index contributed by atoms with van der Waals surface area (Å²) in [5.74, 6) is 1.79. The predicted octanol–water partition coefficient (Wildman–Crippen LogP) is 7.09. The van der Waals surface area contributed by atoms with Crippen molar-refractivity contribution in [3.05, 3.63) is 125 Å². The summed E-state index contributed by atoms with van der Waals surface area (Å²) < 4.78 is 13.4. The van der Waals surface area contributed by atoms with E-state index in [9.17, 15) is 0 Å². The van der Waals surface area contributed by atoms with Gasteiger partial charge in [-0.3, -0.25) is 0 Å². The van der Waals surface area contributed by atoms with Crippen molar-refractivity contribution in [2.24, 2.45) is 4.99 Å². The zero-order chi connectivity index (χ0) is 25.6. The zero-order valence-electron chi connectivity index (χ0n) is 21.1. The maximum absolute atomic E-state index is 5.95. The topological polar surface area (TPSA) is 48.6 Å². The van der Waals surface area contributed by atoms with Crippen molar-refractivity contribution >= 4 is 12.0 Å². The first-order valence-corrected chi connectivity index (χ1v) is 12.1. The fraction of sp³-hybridized carbons (Fsp3) is 0.125. The third-order valence-corrected chi connectivity index (χ3v) is 5.89. The number of para-hydroxylation sites is 1. The minimum atomic E-state index is 0.424. The van der Waals surface area contributed by atoms with Crippen LogP contribution in [0.15, 0.2) is 96.0 Å². The highest BCUT2D eigenvalue weighted by Gasteiger charge is 2.11. The summed E-state index contributed by atoms with van der Waals surface area (Å²) in [5, 5.41) is 4.84. The van der Waals surface area contributed by atoms with Crippen molar-refractivity contribution in [2.75, 3.05) is 7.11 Å². The van der Waals surface area contributed by atoms with Crippen LogP contribution in [0, 0.1) is 26.0 Å². The Balaban J connectivity index is 1.41. The molecule has 0 fully saturated rings. The van der Waals surface area contributed by atoms with E-state index in [1.54, 1.807) is 13.3 Å². The van der Waals surface area contributed by atoms with Crippen molar-refractivity contribution in [1.82, 2.24) is 9.78 Å². The second-order valence-corrected chi connectivity index (χ2v) is 8.78. The average molecular weight is 486 g/mol. The van der Waals surface area contributed by atoms with Gasteiger partial charge in [0.2, 0.25) is 5.75 Å². The third-order valence-electron chi connectivity index (χ3n) is 5.89. The SMILES string of the molecule is COc1cc(C=Nc2cc(-c3ccc(C)cc3)nn2-c2ccccc2)c#cc1OCc1cccc(C)c1. The Morgan fingerprint density at radius 1 is 0.865 bits per heavy atom. The van der Waals surface area contributed by atoms with E-state index in [1.807, 2.05) is 59.3 Å². The summed E-state index contributed by atoms with van der Waals surface area (Å²) in [7, 11) is 1.61. The van der Waals surface area contributed by atoms with Gasteiger partial charge in [0.25, 0.3) is 0 Å². The Hall–Kier alpha value is -4.82. The van der Waals surface area contributed by atoms with E-state index in [0.29, 0.717) is 23.9 Å². The van der Waals surface area contributed by atoms with E-state index in [4.69, 9.17) is 19.6 Å². The van der Waals surface area contributed by atoms with Gasteiger partial charge in [-0.05, 0) is 37.6 Å². The van der Waals surface area contributed by atoms with Gasteiger partial charge in [0.15, 0.2) is 11.6 Å². The molecule has 0 aliphatic carbocycles. The molecule has 0 saturated heterocycles. The van der Waals surface area contributed by atoms with E-state index < -0.39 is 0 Å². The molecule has 0 bridgehead atoms. The van der Waals surface area contributed by atoms with Crippen LogP contribution in [0.3, 0.4) is 0 Å². The first-order chi connectivity index (χ1) is 18.1. The van der Waals surface area contributed by atoms with Gasteiger partial charge in [0.1, 0.15) is 6.61 Å². The lowest BCUT2D eigenvalue weighted by Crippen LogP contribution is -1.98. The van der Waals surface area contributed by atoms with E-state index >= 15 is 0 Å². The number of hydrogen-bond acceptors (Lipinski definition) is 4. The number of ether oxygens (including phenoxy) is 2. The monoisotopic (exact) mass is 485 g/mol. The highest BCUT2D eigenvalue weighted by atomic mass is 16.5. The van der Waals surface area contributed by atoms with Crippen LogP contribution in [0.1, 0.15) is 22.3 Å². The van der Waals surface area contributed by atoms with Gasteiger partial charge in [-0.15, -0.1) is 0 Å². The molecule has 5 aromatic rings. The molecule has 0 saturated carbocycles. The number of aliphatic imine (C=N–C) groups is 1. The maximum atomic E-state index is 5.95. The summed E-state index contributed by atoms with van der Waals surface area (Å²) >= 11 is 0. The molecule has 0 aliphatic rings. The molecule has 0 aliphatic heterocycles. The minimum absolute atomic E-state index is 0.424. The summed E-state index contributed by atoms with van der Waals surface area (Å²) in [6, 6.07) is 36.5. The smallest absolute Gasteiger partial charge is 0.213 e. The van der Waals surface area contributed by atoms with Gasteiger partial charge in [0.05, 0.1) is 18.5 Å². The van der Waals surface area contributed by atoms with Gasteiger partial charge in [-0.2, -0.15) is 5.10 Å². The number of methoxy groups -OCH3 is 1. The average Bonchev–Trinajstić information content (AvgIpc) is 3.36. The van der Waals surface area contributed by atoms with Crippen molar-refractivity contribution in [1.29, 1.82) is 0 Å². The standard InChI is InChI=1S/C32H27N3O2/c1-23-12-15-27(16-13-23)29-20-32(35(34-29)28-10-5-4-6-11-28)33-21-25-14-17-30(31(19-25)36-3)37-22-26-9-7-8-24(2)18-26/h4-13,15-16,18-21H,22H2,1-3H3. The molecular formula is C32H27N3O2. The Morgan fingerprint density at radius 2 is 1.68 bits per heavy atom. The van der Waals surface area contributed by atoms with Gasteiger partial charge in [0, 0.05) is 29.5 Å². The number of nitrogens with zero attached hydrogens (tertiary/aromatic N) is 3. The lowest BCUT2D eigenvalue weighted by atomic mass is 10.1.